The second kappa shape index (κ2) is 10.8. The first-order valence-electron chi connectivity index (χ1n) is 9.52. The molecule has 0 amide bonds. The van der Waals surface area contributed by atoms with Crippen LogP contribution in [0.4, 0.5) is 10.2 Å². The molecule has 0 unspecified atom stereocenters. The molecule has 1 aromatic heterocycles. The maximum Gasteiger partial charge on any atom is 0.336 e. The van der Waals surface area contributed by atoms with E-state index in [9.17, 15) is 19.6 Å². The molecule has 0 bridgehead atoms. The highest BCUT2D eigenvalue weighted by molar-refractivity contribution is 6.31. The molecule has 0 aliphatic heterocycles. The molecule has 1 aromatic carbocycles. The van der Waals surface area contributed by atoms with Crippen LogP contribution in [0.15, 0.2) is 35.1 Å². The molecule has 0 saturated carbocycles. The van der Waals surface area contributed by atoms with Crippen molar-refractivity contribution < 1.29 is 19.0 Å². The fraction of sp³-hybridized carbons (Fsp3) is 0.286. The van der Waals surface area contributed by atoms with Gasteiger partial charge in [-0.15, -0.1) is 0 Å². The number of aromatic carboxylic acids is 1. The summed E-state index contributed by atoms with van der Waals surface area (Å²) < 4.78 is 19.5. The molecular formula is C21H24FN7O3. The van der Waals surface area contributed by atoms with Gasteiger partial charge in [-0.05, 0) is 32.2 Å². The Kier molecular flexibility index (Phi) is 8.20. The molecule has 0 spiro atoms. The van der Waals surface area contributed by atoms with Crippen molar-refractivity contribution >= 4 is 23.1 Å². The number of rotatable bonds is 9. The number of carboxylic acids is 1. The van der Waals surface area contributed by atoms with Crippen molar-refractivity contribution in [2.24, 2.45) is 4.99 Å². The topological polar surface area (TPSA) is 159 Å². The van der Waals surface area contributed by atoms with Crippen LogP contribution >= 0.6 is 0 Å². The second-order valence-electron chi connectivity index (χ2n) is 6.56. The van der Waals surface area contributed by atoms with Gasteiger partial charge in [0.25, 0.3) is 5.88 Å². The summed E-state index contributed by atoms with van der Waals surface area (Å²) in [5.41, 5.74) is 7.33. The van der Waals surface area contributed by atoms with Gasteiger partial charge >= 0.3 is 5.97 Å². The molecule has 5 N–H and O–H groups in total. The molecule has 1 atom stereocenters. The lowest BCUT2D eigenvalue weighted by molar-refractivity contribution is 0.0691. The fourth-order valence-electron chi connectivity index (χ4n) is 3.00. The summed E-state index contributed by atoms with van der Waals surface area (Å²) in [4.78, 5) is 24.0. The Labute approximate surface area is 184 Å². The number of carboxylic acid groups (broad SMARTS) is 1. The number of ether oxygens (including phenoxy) is 1. The lowest BCUT2D eigenvalue weighted by Gasteiger charge is -2.19. The SMILES string of the molecule is CN=C(C#N)/C(=C(/CNC)NC)c1cnc(N)c(O[C@H](C)c2cc(F)ccc2C(=O)O)n1. The van der Waals surface area contributed by atoms with E-state index in [2.05, 4.69) is 25.6 Å². The van der Waals surface area contributed by atoms with Crippen LogP contribution in [0.5, 0.6) is 5.88 Å². The van der Waals surface area contributed by atoms with Gasteiger partial charge < -0.3 is 26.2 Å². The van der Waals surface area contributed by atoms with Gasteiger partial charge in [0.1, 0.15) is 23.7 Å². The van der Waals surface area contributed by atoms with E-state index in [0.717, 1.165) is 18.2 Å². The molecule has 0 saturated heterocycles. The molecule has 2 rings (SSSR count). The summed E-state index contributed by atoms with van der Waals surface area (Å²) in [5.74, 6) is -1.99. The maximum atomic E-state index is 13.8. The first-order chi connectivity index (χ1) is 15.3. The van der Waals surface area contributed by atoms with Gasteiger partial charge in [-0.1, -0.05) is 0 Å². The summed E-state index contributed by atoms with van der Waals surface area (Å²) in [5, 5.41) is 25.0. The maximum absolute atomic E-state index is 13.8. The van der Waals surface area contributed by atoms with E-state index < -0.39 is 17.9 Å². The molecule has 10 nitrogen and oxygen atoms in total. The number of carbonyl (C=O) groups is 1. The molecule has 0 aliphatic carbocycles. The summed E-state index contributed by atoms with van der Waals surface area (Å²) in [6.07, 6.45) is 0.468. The van der Waals surface area contributed by atoms with Crippen molar-refractivity contribution in [1.82, 2.24) is 20.6 Å². The standard InChI is InChI=1S/C21H24FN7O3/c1-11(14-7-12(22)5-6-13(14)21(30)31)32-20-19(24)28-10-17(29-20)18(15(8-23)26-3)16(27-4)9-25-2/h5-7,10-11,25,27H,9H2,1-4H3,(H2,24,28)(H,30,31)/b18-16+,26-15?/t11-/m1/s1. The highest BCUT2D eigenvalue weighted by Crippen LogP contribution is 2.29. The predicted molar refractivity (Wildman–Crippen MR) is 118 cm³/mol. The molecule has 168 valence electrons. The number of anilines is 1. The predicted octanol–water partition coefficient (Wildman–Crippen LogP) is 1.78. The Balaban J connectivity index is 2.57. The first kappa shape index (κ1) is 24.2. The summed E-state index contributed by atoms with van der Waals surface area (Å²) in [6.45, 7) is 1.93. The Morgan fingerprint density at radius 1 is 1.44 bits per heavy atom. The van der Waals surface area contributed by atoms with Gasteiger partial charge in [0, 0.05) is 31.9 Å². The van der Waals surface area contributed by atoms with E-state index in [1.54, 1.807) is 21.0 Å². The number of nitriles is 1. The lowest BCUT2D eigenvalue weighted by Crippen LogP contribution is -2.24. The zero-order chi connectivity index (χ0) is 23.8. The van der Waals surface area contributed by atoms with Crippen LogP contribution in [0, 0.1) is 17.1 Å². The number of nitrogens with zero attached hydrogens (tertiary/aromatic N) is 4. The van der Waals surface area contributed by atoms with E-state index in [1.165, 1.54) is 13.2 Å². The minimum absolute atomic E-state index is 0.0557. The number of allylic oxidation sites excluding steroid dienone is 1. The zero-order valence-corrected chi connectivity index (χ0v) is 18.1. The van der Waals surface area contributed by atoms with Crippen LogP contribution < -0.4 is 21.1 Å². The number of hydrogen-bond donors (Lipinski definition) is 4. The molecule has 11 heteroatoms. The summed E-state index contributed by atoms with van der Waals surface area (Å²) in [7, 11) is 4.92. The van der Waals surface area contributed by atoms with Crippen molar-refractivity contribution in [3.63, 3.8) is 0 Å². The smallest absolute Gasteiger partial charge is 0.336 e. The van der Waals surface area contributed by atoms with Crippen LogP contribution in [0.2, 0.25) is 0 Å². The van der Waals surface area contributed by atoms with Crippen LogP contribution in [0.1, 0.15) is 34.6 Å². The quantitative estimate of drug-likeness (QED) is 0.425. The molecular weight excluding hydrogens is 417 g/mol. The van der Waals surface area contributed by atoms with E-state index in [1.807, 2.05) is 6.07 Å². The fourth-order valence-corrected chi connectivity index (χ4v) is 3.00. The average molecular weight is 441 g/mol. The van der Waals surface area contributed by atoms with Gasteiger partial charge in [-0.2, -0.15) is 5.26 Å². The normalized spacial score (nSPS) is 13.1. The van der Waals surface area contributed by atoms with Crippen molar-refractivity contribution in [1.29, 1.82) is 5.26 Å². The Bertz CT molecular complexity index is 1110. The number of likely N-dealkylation sites (N-methyl/N-ethyl adjacent to an activating group) is 2. The number of nitrogen functional groups attached to an aromatic ring is 1. The van der Waals surface area contributed by atoms with E-state index in [0.29, 0.717) is 17.8 Å². The minimum Gasteiger partial charge on any atom is -0.478 e. The summed E-state index contributed by atoms with van der Waals surface area (Å²) in [6, 6.07) is 5.32. The molecule has 1 heterocycles. The zero-order valence-electron chi connectivity index (χ0n) is 18.1. The molecule has 2 aromatic rings. The number of nitrogens with two attached hydrogens (primary N) is 1. The molecule has 0 radical (unpaired) electrons. The van der Waals surface area contributed by atoms with Crippen molar-refractivity contribution in [3.05, 3.63) is 52.7 Å². The number of halogens is 1. The van der Waals surface area contributed by atoms with Crippen molar-refractivity contribution in [2.75, 3.05) is 33.4 Å². The number of aromatic nitrogens is 2. The van der Waals surface area contributed by atoms with Gasteiger partial charge in [0.05, 0.1) is 23.0 Å². The van der Waals surface area contributed by atoms with Crippen molar-refractivity contribution in [3.8, 4) is 11.9 Å². The highest BCUT2D eigenvalue weighted by atomic mass is 19.1. The molecule has 0 aliphatic rings. The Morgan fingerprint density at radius 3 is 2.72 bits per heavy atom. The third-order valence-corrected chi connectivity index (χ3v) is 4.52. The molecule has 0 fully saturated rings. The van der Waals surface area contributed by atoms with Crippen molar-refractivity contribution in [2.45, 2.75) is 13.0 Å². The van der Waals surface area contributed by atoms with Crippen LogP contribution in [-0.4, -0.2) is 54.4 Å². The highest BCUT2D eigenvalue weighted by Gasteiger charge is 2.22. The monoisotopic (exact) mass is 441 g/mol. The Morgan fingerprint density at radius 2 is 2.16 bits per heavy atom. The third kappa shape index (κ3) is 5.35. The largest absolute Gasteiger partial charge is 0.478 e. The number of nitrogens with one attached hydrogen (secondary N) is 2. The van der Waals surface area contributed by atoms with E-state index in [-0.39, 0.29) is 34.2 Å². The summed E-state index contributed by atoms with van der Waals surface area (Å²) >= 11 is 0. The average Bonchev–Trinajstić information content (AvgIpc) is 2.77. The van der Waals surface area contributed by atoms with E-state index >= 15 is 0 Å². The Hall–Kier alpha value is -4.04. The van der Waals surface area contributed by atoms with Crippen LogP contribution in [0.25, 0.3) is 5.57 Å². The first-order valence-corrected chi connectivity index (χ1v) is 9.52. The van der Waals surface area contributed by atoms with Crippen LogP contribution in [-0.2, 0) is 0 Å². The van der Waals surface area contributed by atoms with Gasteiger partial charge in [-0.25, -0.2) is 19.2 Å². The minimum atomic E-state index is -1.22. The molecule has 32 heavy (non-hydrogen) atoms. The third-order valence-electron chi connectivity index (χ3n) is 4.52. The number of hydrogen-bond acceptors (Lipinski definition) is 9. The number of aliphatic imine (C=N–C) groups is 1. The van der Waals surface area contributed by atoms with Crippen LogP contribution in [0.3, 0.4) is 0 Å². The van der Waals surface area contributed by atoms with Gasteiger partial charge in [0.2, 0.25) is 0 Å². The lowest BCUT2D eigenvalue weighted by atomic mass is 10.0. The second-order valence-corrected chi connectivity index (χ2v) is 6.56. The van der Waals surface area contributed by atoms with E-state index in [4.69, 9.17) is 10.5 Å². The van der Waals surface area contributed by atoms with Gasteiger partial charge in [-0.3, -0.25) is 4.99 Å². The number of benzene rings is 1. The van der Waals surface area contributed by atoms with Gasteiger partial charge in [0.15, 0.2) is 5.82 Å².